The number of hydrogen-bond acceptors (Lipinski definition) is 5. The molecule has 2 aromatic heterocycles. The van der Waals surface area contributed by atoms with E-state index in [1.165, 1.54) is 12.4 Å². The summed E-state index contributed by atoms with van der Waals surface area (Å²) >= 11 is 0. The Balaban J connectivity index is 1.79. The van der Waals surface area contributed by atoms with Crippen molar-refractivity contribution in [3.63, 3.8) is 0 Å². The van der Waals surface area contributed by atoms with Crippen molar-refractivity contribution in [3.05, 3.63) is 24.2 Å². The zero-order valence-electron chi connectivity index (χ0n) is 10.9. The fourth-order valence-electron chi connectivity index (χ4n) is 2.06. The first kappa shape index (κ1) is 14.1. The minimum Gasteiger partial charge on any atom is -0.376 e. The van der Waals surface area contributed by atoms with Gasteiger partial charge in [0.25, 0.3) is 0 Å². The topological polar surface area (TPSA) is 60.7 Å². The van der Waals surface area contributed by atoms with Crippen LogP contribution >= 0.6 is 0 Å². The summed E-state index contributed by atoms with van der Waals surface area (Å²) in [6, 6.07) is 0.966. The lowest BCUT2D eigenvalue weighted by molar-refractivity contribution is -0.141. The van der Waals surface area contributed by atoms with E-state index in [9.17, 15) is 13.2 Å². The molecular weight excluding hydrogens is 289 g/mol. The van der Waals surface area contributed by atoms with Crippen molar-refractivity contribution in [2.75, 3.05) is 31.7 Å². The Morgan fingerprint density at radius 1 is 1.38 bits per heavy atom. The Bertz CT molecular complexity index is 622. The molecule has 0 aromatic carbocycles. The zero-order chi connectivity index (χ0) is 14.9. The molecule has 1 saturated heterocycles. The molecule has 114 valence electrons. The van der Waals surface area contributed by atoms with Crippen LogP contribution in [-0.2, 0) is 15.7 Å². The smallest absolute Gasteiger partial charge is 0.376 e. The molecule has 0 radical (unpaired) electrons. The fourth-order valence-corrected chi connectivity index (χ4v) is 2.06. The number of alkyl halides is 3. The summed E-state index contributed by atoms with van der Waals surface area (Å²) in [5, 5.41) is 6.47. The quantitative estimate of drug-likeness (QED) is 0.932. The van der Waals surface area contributed by atoms with Gasteiger partial charge in [-0.15, -0.1) is 0 Å². The van der Waals surface area contributed by atoms with Crippen molar-refractivity contribution in [2.24, 2.45) is 0 Å². The summed E-state index contributed by atoms with van der Waals surface area (Å²) in [6.45, 7) is 1.92. The number of nitrogens with zero attached hydrogens (tertiary/aromatic N) is 3. The zero-order valence-corrected chi connectivity index (χ0v) is 10.9. The van der Waals surface area contributed by atoms with E-state index in [1.807, 2.05) is 0 Å². The first-order valence-corrected chi connectivity index (χ1v) is 6.39. The largest absolute Gasteiger partial charge is 0.435 e. The van der Waals surface area contributed by atoms with E-state index in [-0.39, 0.29) is 11.6 Å². The molecule has 2 aromatic rings. The maximum Gasteiger partial charge on any atom is 0.435 e. The maximum absolute atomic E-state index is 12.7. The lowest BCUT2D eigenvalue weighted by atomic mass is 10.3. The SMILES string of the molecule is FC(F)(F)c1cc2c(NCC3COCCO3)nccn2n1. The molecule has 0 aliphatic carbocycles. The summed E-state index contributed by atoms with van der Waals surface area (Å²) < 4.78 is 49.9. The van der Waals surface area contributed by atoms with Gasteiger partial charge >= 0.3 is 6.18 Å². The molecule has 6 nitrogen and oxygen atoms in total. The second-order valence-electron chi connectivity index (χ2n) is 4.58. The maximum atomic E-state index is 12.7. The molecular formula is C12H13F3N4O2. The Morgan fingerprint density at radius 2 is 2.24 bits per heavy atom. The highest BCUT2D eigenvalue weighted by Gasteiger charge is 2.34. The fraction of sp³-hybridized carbons (Fsp3) is 0.500. The van der Waals surface area contributed by atoms with E-state index in [0.29, 0.717) is 32.2 Å². The van der Waals surface area contributed by atoms with Gasteiger partial charge in [0.1, 0.15) is 5.52 Å². The molecule has 0 spiro atoms. The Morgan fingerprint density at radius 3 is 2.95 bits per heavy atom. The molecule has 1 unspecified atom stereocenters. The van der Waals surface area contributed by atoms with Gasteiger partial charge in [-0.05, 0) is 0 Å². The lowest BCUT2D eigenvalue weighted by Gasteiger charge is -2.23. The minimum absolute atomic E-state index is 0.147. The van der Waals surface area contributed by atoms with Crippen LogP contribution in [0.2, 0.25) is 0 Å². The first-order chi connectivity index (χ1) is 10.0. The Hall–Kier alpha value is -1.87. The molecule has 9 heteroatoms. The molecule has 3 heterocycles. The van der Waals surface area contributed by atoms with Crippen LogP contribution in [0.5, 0.6) is 0 Å². The summed E-state index contributed by atoms with van der Waals surface area (Å²) in [7, 11) is 0. The van der Waals surface area contributed by atoms with Gasteiger partial charge < -0.3 is 14.8 Å². The van der Waals surface area contributed by atoms with Gasteiger partial charge in [-0.25, -0.2) is 9.50 Å². The number of ether oxygens (including phenoxy) is 2. The second kappa shape index (κ2) is 5.49. The van der Waals surface area contributed by atoms with Crippen molar-refractivity contribution in [3.8, 4) is 0 Å². The number of halogens is 3. The molecule has 0 amide bonds. The summed E-state index contributed by atoms with van der Waals surface area (Å²) in [4.78, 5) is 4.05. The Kier molecular flexibility index (Phi) is 3.68. The molecule has 1 aliphatic rings. The van der Waals surface area contributed by atoms with Crippen LogP contribution in [-0.4, -0.2) is 47.1 Å². The van der Waals surface area contributed by atoms with Gasteiger partial charge in [0.15, 0.2) is 11.5 Å². The number of nitrogens with one attached hydrogen (secondary N) is 1. The molecule has 1 fully saturated rings. The van der Waals surface area contributed by atoms with Gasteiger partial charge in [0.2, 0.25) is 0 Å². The standard InChI is InChI=1S/C12H13F3N4O2/c13-12(14,15)10-5-9-11(16-1-2-19(9)18-10)17-6-8-7-20-3-4-21-8/h1-2,5,8H,3-4,6-7H2,(H,16,17). The molecule has 0 saturated carbocycles. The normalized spacial score (nSPS) is 19.9. The van der Waals surface area contributed by atoms with E-state index >= 15 is 0 Å². The lowest BCUT2D eigenvalue weighted by Crippen LogP contribution is -2.34. The van der Waals surface area contributed by atoms with Gasteiger partial charge in [-0.1, -0.05) is 0 Å². The van der Waals surface area contributed by atoms with Gasteiger partial charge in [-0.3, -0.25) is 0 Å². The molecule has 21 heavy (non-hydrogen) atoms. The van der Waals surface area contributed by atoms with Crippen LogP contribution in [0.4, 0.5) is 19.0 Å². The molecule has 0 bridgehead atoms. The number of fused-ring (bicyclic) bond motifs is 1. The number of aromatic nitrogens is 3. The van der Waals surface area contributed by atoms with Crippen LogP contribution in [0.3, 0.4) is 0 Å². The third-order valence-electron chi connectivity index (χ3n) is 3.06. The van der Waals surface area contributed by atoms with Crippen molar-refractivity contribution in [1.29, 1.82) is 0 Å². The number of hydrogen-bond donors (Lipinski definition) is 1. The highest BCUT2D eigenvalue weighted by atomic mass is 19.4. The highest BCUT2D eigenvalue weighted by molar-refractivity contribution is 5.67. The van der Waals surface area contributed by atoms with Crippen LogP contribution in [0.1, 0.15) is 5.69 Å². The number of anilines is 1. The molecule has 3 rings (SSSR count). The molecule has 1 atom stereocenters. The average molecular weight is 302 g/mol. The van der Waals surface area contributed by atoms with Crippen molar-refractivity contribution >= 4 is 11.3 Å². The second-order valence-corrected chi connectivity index (χ2v) is 4.58. The van der Waals surface area contributed by atoms with E-state index < -0.39 is 11.9 Å². The van der Waals surface area contributed by atoms with Crippen LogP contribution < -0.4 is 5.32 Å². The van der Waals surface area contributed by atoms with E-state index in [0.717, 1.165) is 10.6 Å². The van der Waals surface area contributed by atoms with Crippen molar-refractivity contribution in [2.45, 2.75) is 12.3 Å². The van der Waals surface area contributed by atoms with Crippen LogP contribution in [0.25, 0.3) is 5.52 Å². The van der Waals surface area contributed by atoms with Crippen LogP contribution in [0.15, 0.2) is 18.5 Å². The first-order valence-electron chi connectivity index (χ1n) is 6.39. The monoisotopic (exact) mass is 302 g/mol. The highest BCUT2D eigenvalue weighted by Crippen LogP contribution is 2.30. The predicted molar refractivity (Wildman–Crippen MR) is 67.0 cm³/mol. The minimum atomic E-state index is -4.48. The summed E-state index contributed by atoms with van der Waals surface area (Å²) in [5.41, 5.74) is -0.683. The van der Waals surface area contributed by atoms with Crippen molar-refractivity contribution in [1.82, 2.24) is 14.6 Å². The molecule has 1 N–H and O–H groups in total. The number of rotatable bonds is 3. The van der Waals surface area contributed by atoms with Gasteiger partial charge in [0.05, 0.1) is 25.9 Å². The average Bonchev–Trinajstić information content (AvgIpc) is 2.91. The van der Waals surface area contributed by atoms with Crippen molar-refractivity contribution < 1.29 is 22.6 Å². The Labute approximate surface area is 117 Å². The third-order valence-corrected chi connectivity index (χ3v) is 3.06. The van der Waals surface area contributed by atoms with E-state index in [4.69, 9.17) is 9.47 Å². The van der Waals surface area contributed by atoms with E-state index in [2.05, 4.69) is 15.4 Å². The molecule has 1 aliphatic heterocycles. The summed E-state index contributed by atoms with van der Waals surface area (Å²) in [5.74, 6) is 0.328. The van der Waals surface area contributed by atoms with E-state index in [1.54, 1.807) is 0 Å². The summed E-state index contributed by atoms with van der Waals surface area (Å²) in [6.07, 6.45) is -1.87. The predicted octanol–water partition coefficient (Wildman–Crippen LogP) is 1.58. The third kappa shape index (κ3) is 3.08. The van der Waals surface area contributed by atoms with Crippen LogP contribution in [0, 0.1) is 0 Å². The van der Waals surface area contributed by atoms with Gasteiger partial charge in [0, 0.05) is 25.0 Å². The van der Waals surface area contributed by atoms with Gasteiger partial charge in [-0.2, -0.15) is 18.3 Å².